The van der Waals surface area contributed by atoms with Gasteiger partial charge in [0.15, 0.2) is 0 Å². The monoisotopic (exact) mass is 330 g/mol. The van der Waals surface area contributed by atoms with Crippen molar-refractivity contribution in [3.63, 3.8) is 0 Å². The van der Waals surface area contributed by atoms with Crippen LogP contribution in [0.25, 0.3) is 20.2 Å². The molecule has 0 nitrogen and oxygen atoms in total. The maximum atomic E-state index is 2.38. The molecular formula is C23H22S. The lowest BCUT2D eigenvalue weighted by Gasteiger charge is -2.08. The molecule has 4 aromatic rings. The number of hydrogen-bond acceptors (Lipinski definition) is 1. The van der Waals surface area contributed by atoms with E-state index in [1.54, 1.807) is 0 Å². The SMILES string of the molecule is CC(C)Cc1cccc(Cc2ccc3sc4ccccc4c3c2)c1. The average Bonchev–Trinajstić information content (AvgIpc) is 2.93. The second kappa shape index (κ2) is 6.41. The van der Waals surface area contributed by atoms with E-state index in [-0.39, 0.29) is 0 Å². The maximum absolute atomic E-state index is 2.38. The number of thiophene rings is 1. The van der Waals surface area contributed by atoms with E-state index in [2.05, 4.69) is 80.6 Å². The highest BCUT2D eigenvalue weighted by atomic mass is 32.1. The fourth-order valence-electron chi connectivity index (χ4n) is 3.46. The third kappa shape index (κ3) is 3.09. The van der Waals surface area contributed by atoms with Crippen molar-refractivity contribution in [2.45, 2.75) is 26.7 Å². The first-order valence-corrected chi connectivity index (χ1v) is 9.49. The molecule has 0 aliphatic carbocycles. The minimum atomic E-state index is 0.703. The van der Waals surface area contributed by atoms with E-state index in [4.69, 9.17) is 0 Å². The number of hydrogen-bond donors (Lipinski definition) is 0. The van der Waals surface area contributed by atoms with Crippen LogP contribution in [0.5, 0.6) is 0 Å². The van der Waals surface area contributed by atoms with Gasteiger partial charge in [-0.15, -0.1) is 11.3 Å². The Bertz CT molecular complexity index is 991. The summed E-state index contributed by atoms with van der Waals surface area (Å²) in [6, 6.07) is 24.7. The lowest BCUT2D eigenvalue weighted by atomic mass is 9.97. The molecule has 1 heterocycles. The third-order valence-electron chi connectivity index (χ3n) is 4.48. The first-order valence-electron chi connectivity index (χ1n) is 8.67. The Balaban J connectivity index is 1.68. The molecule has 1 heteroatoms. The minimum Gasteiger partial charge on any atom is -0.135 e. The zero-order valence-corrected chi connectivity index (χ0v) is 15.1. The van der Waals surface area contributed by atoms with Crippen LogP contribution in [0.1, 0.15) is 30.5 Å². The predicted octanol–water partition coefficient (Wildman–Crippen LogP) is 6.84. The Morgan fingerprint density at radius 1 is 0.708 bits per heavy atom. The topological polar surface area (TPSA) is 0 Å². The van der Waals surface area contributed by atoms with Gasteiger partial charge in [0.2, 0.25) is 0 Å². The van der Waals surface area contributed by atoms with Gasteiger partial charge in [-0.05, 0) is 53.6 Å². The Labute approximate surface area is 147 Å². The molecule has 3 aromatic carbocycles. The fourth-order valence-corrected chi connectivity index (χ4v) is 4.54. The van der Waals surface area contributed by atoms with E-state index in [9.17, 15) is 0 Å². The highest BCUT2D eigenvalue weighted by molar-refractivity contribution is 7.25. The van der Waals surface area contributed by atoms with Crippen molar-refractivity contribution in [1.29, 1.82) is 0 Å². The molecule has 0 aliphatic rings. The lowest BCUT2D eigenvalue weighted by Crippen LogP contribution is -1.95. The van der Waals surface area contributed by atoms with Crippen LogP contribution in [0.15, 0.2) is 66.7 Å². The summed E-state index contributed by atoms with van der Waals surface area (Å²) in [6.45, 7) is 4.56. The van der Waals surface area contributed by atoms with E-state index in [1.165, 1.54) is 36.9 Å². The molecule has 0 amide bonds. The molecular weight excluding hydrogens is 308 g/mol. The predicted molar refractivity (Wildman–Crippen MR) is 107 cm³/mol. The van der Waals surface area contributed by atoms with E-state index < -0.39 is 0 Å². The fraction of sp³-hybridized carbons (Fsp3) is 0.217. The number of fused-ring (bicyclic) bond motifs is 3. The molecule has 0 spiro atoms. The molecule has 4 rings (SSSR count). The standard InChI is InChI=1S/C23H22S/c1-16(2)12-17-6-5-7-18(13-17)14-19-10-11-23-21(15-19)20-8-3-4-9-22(20)24-23/h3-11,13,15-16H,12,14H2,1-2H3. The van der Waals surface area contributed by atoms with Crippen molar-refractivity contribution < 1.29 is 0 Å². The summed E-state index contributed by atoms with van der Waals surface area (Å²) in [5.41, 5.74) is 4.25. The first-order chi connectivity index (χ1) is 11.7. The first kappa shape index (κ1) is 15.4. The van der Waals surface area contributed by atoms with Gasteiger partial charge in [0.25, 0.3) is 0 Å². The molecule has 0 atom stereocenters. The van der Waals surface area contributed by atoms with Crippen LogP contribution in [0.4, 0.5) is 0 Å². The van der Waals surface area contributed by atoms with Gasteiger partial charge in [-0.2, -0.15) is 0 Å². The summed E-state index contributed by atoms with van der Waals surface area (Å²) >= 11 is 1.89. The molecule has 0 bridgehead atoms. The van der Waals surface area contributed by atoms with Gasteiger partial charge >= 0.3 is 0 Å². The molecule has 0 fully saturated rings. The summed E-state index contributed by atoms with van der Waals surface area (Å²) in [5.74, 6) is 0.703. The van der Waals surface area contributed by atoms with Crippen LogP contribution < -0.4 is 0 Å². The van der Waals surface area contributed by atoms with Crippen LogP contribution in [0, 0.1) is 5.92 Å². The molecule has 1 aromatic heterocycles. The Morgan fingerprint density at radius 2 is 1.46 bits per heavy atom. The molecule has 0 radical (unpaired) electrons. The molecule has 0 unspecified atom stereocenters. The number of rotatable bonds is 4. The smallest absolute Gasteiger partial charge is 0.0355 e. The second-order valence-corrected chi connectivity index (χ2v) is 8.11. The summed E-state index contributed by atoms with van der Waals surface area (Å²) in [6.07, 6.45) is 2.16. The quantitative estimate of drug-likeness (QED) is 0.384. The van der Waals surface area contributed by atoms with Crippen LogP contribution in [0.2, 0.25) is 0 Å². The molecule has 0 N–H and O–H groups in total. The number of benzene rings is 3. The van der Waals surface area contributed by atoms with Gasteiger partial charge in [-0.25, -0.2) is 0 Å². The normalized spacial score (nSPS) is 11.6. The van der Waals surface area contributed by atoms with Crippen LogP contribution in [0.3, 0.4) is 0 Å². The Morgan fingerprint density at radius 3 is 2.33 bits per heavy atom. The van der Waals surface area contributed by atoms with Crippen molar-refractivity contribution in [3.8, 4) is 0 Å². The van der Waals surface area contributed by atoms with Gasteiger partial charge in [0, 0.05) is 20.2 Å². The second-order valence-electron chi connectivity index (χ2n) is 7.02. The molecule has 24 heavy (non-hydrogen) atoms. The van der Waals surface area contributed by atoms with Gasteiger partial charge in [-0.1, -0.05) is 62.4 Å². The van der Waals surface area contributed by atoms with Gasteiger partial charge in [0.05, 0.1) is 0 Å². The average molecular weight is 330 g/mol. The van der Waals surface area contributed by atoms with Crippen molar-refractivity contribution in [2.24, 2.45) is 5.92 Å². The van der Waals surface area contributed by atoms with E-state index >= 15 is 0 Å². The van der Waals surface area contributed by atoms with Crippen molar-refractivity contribution in [2.75, 3.05) is 0 Å². The molecule has 120 valence electrons. The van der Waals surface area contributed by atoms with Gasteiger partial charge in [-0.3, -0.25) is 0 Å². The zero-order valence-electron chi connectivity index (χ0n) is 14.3. The summed E-state index contributed by atoms with van der Waals surface area (Å²) in [4.78, 5) is 0. The van der Waals surface area contributed by atoms with Crippen molar-refractivity contribution in [1.82, 2.24) is 0 Å². The Kier molecular flexibility index (Phi) is 4.12. The zero-order chi connectivity index (χ0) is 16.5. The third-order valence-corrected chi connectivity index (χ3v) is 5.64. The van der Waals surface area contributed by atoms with Crippen LogP contribution in [-0.2, 0) is 12.8 Å². The highest BCUT2D eigenvalue weighted by Crippen LogP contribution is 2.34. The molecule has 0 saturated heterocycles. The molecule has 0 saturated carbocycles. The van der Waals surface area contributed by atoms with E-state index in [0.29, 0.717) is 5.92 Å². The highest BCUT2D eigenvalue weighted by Gasteiger charge is 2.06. The largest absolute Gasteiger partial charge is 0.135 e. The summed E-state index contributed by atoms with van der Waals surface area (Å²) in [7, 11) is 0. The van der Waals surface area contributed by atoms with Crippen LogP contribution in [-0.4, -0.2) is 0 Å². The molecule has 0 aliphatic heterocycles. The minimum absolute atomic E-state index is 0.703. The van der Waals surface area contributed by atoms with Gasteiger partial charge in [0.1, 0.15) is 0 Å². The van der Waals surface area contributed by atoms with Crippen LogP contribution >= 0.6 is 11.3 Å². The van der Waals surface area contributed by atoms with Crippen molar-refractivity contribution in [3.05, 3.63) is 83.4 Å². The lowest BCUT2D eigenvalue weighted by molar-refractivity contribution is 0.647. The maximum Gasteiger partial charge on any atom is 0.0355 e. The van der Waals surface area contributed by atoms with Crippen molar-refractivity contribution >= 4 is 31.5 Å². The van der Waals surface area contributed by atoms with E-state index in [0.717, 1.165) is 12.8 Å². The Hall–Kier alpha value is -2.12. The summed E-state index contributed by atoms with van der Waals surface area (Å²) < 4.78 is 2.76. The summed E-state index contributed by atoms with van der Waals surface area (Å²) in [5, 5.41) is 2.78. The van der Waals surface area contributed by atoms with Gasteiger partial charge < -0.3 is 0 Å². The van der Waals surface area contributed by atoms with E-state index in [1.807, 2.05) is 11.3 Å².